The second kappa shape index (κ2) is 14.5. The Labute approximate surface area is 327 Å². The van der Waals surface area contributed by atoms with Crippen molar-refractivity contribution in [2.24, 2.45) is 0 Å². The van der Waals surface area contributed by atoms with Crippen molar-refractivity contribution in [2.75, 3.05) is 0 Å². The predicted molar refractivity (Wildman–Crippen MR) is 235 cm³/mol. The Kier molecular flexibility index (Phi) is 8.67. The van der Waals surface area contributed by atoms with E-state index < -0.39 is 0 Å². The molecular formula is C55H38O. The zero-order valence-electron chi connectivity index (χ0n) is 30.8. The van der Waals surface area contributed by atoms with Gasteiger partial charge in [-0.15, -0.1) is 0 Å². The largest absolute Gasteiger partial charge is 0.456 e. The van der Waals surface area contributed by atoms with Crippen LogP contribution < -0.4 is 0 Å². The van der Waals surface area contributed by atoms with Gasteiger partial charge < -0.3 is 4.42 Å². The summed E-state index contributed by atoms with van der Waals surface area (Å²) < 4.78 is 6.12. The van der Waals surface area contributed by atoms with Crippen LogP contribution in [0, 0.1) is 0 Å². The summed E-state index contributed by atoms with van der Waals surface area (Å²) in [5, 5.41) is 2.29. The molecule has 0 atom stereocenters. The fraction of sp³-hybridized carbons (Fsp3) is 0.0182. The van der Waals surface area contributed by atoms with Crippen molar-refractivity contribution in [3.8, 4) is 55.6 Å². The molecule has 0 fully saturated rings. The molecule has 1 aromatic heterocycles. The van der Waals surface area contributed by atoms with Crippen LogP contribution in [0.2, 0.25) is 0 Å². The van der Waals surface area contributed by atoms with Crippen LogP contribution >= 0.6 is 0 Å². The van der Waals surface area contributed by atoms with Gasteiger partial charge in [-0.05, 0) is 90.5 Å². The summed E-state index contributed by atoms with van der Waals surface area (Å²) in [6.07, 6.45) is 0. The average molecular weight is 715 g/mol. The lowest BCUT2D eigenvalue weighted by atomic mass is 9.83. The van der Waals surface area contributed by atoms with Crippen molar-refractivity contribution in [2.45, 2.75) is 5.92 Å². The smallest absolute Gasteiger partial charge is 0.135 e. The van der Waals surface area contributed by atoms with Crippen LogP contribution in [0.15, 0.2) is 229 Å². The number of furan rings is 1. The van der Waals surface area contributed by atoms with Gasteiger partial charge in [-0.1, -0.05) is 206 Å². The highest BCUT2D eigenvalue weighted by molar-refractivity contribution is 6.06. The van der Waals surface area contributed by atoms with E-state index in [9.17, 15) is 0 Å². The number of rotatable bonds is 8. The molecule has 0 saturated carbocycles. The van der Waals surface area contributed by atoms with E-state index in [0.717, 1.165) is 21.9 Å². The molecule has 0 saturated heterocycles. The average Bonchev–Trinajstić information content (AvgIpc) is 3.66. The predicted octanol–water partition coefficient (Wildman–Crippen LogP) is 15.1. The molecule has 0 unspecified atom stereocenters. The molecule has 264 valence electrons. The second-order valence-corrected chi connectivity index (χ2v) is 14.4. The van der Waals surface area contributed by atoms with Crippen molar-refractivity contribution < 1.29 is 4.42 Å². The van der Waals surface area contributed by atoms with Crippen LogP contribution in [0.4, 0.5) is 0 Å². The van der Waals surface area contributed by atoms with Crippen LogP contribution in [-0.4, -0.2) is 0 Å². The first kappa shape index (κ1) is 33.4. The Morgan fingerprint density at radius 3 is 1.09 bits per heavy atom. The maximum atomic E-state index is 6.12. The van der Waals surface area contributed by atoms with Gasteiger partial charge in [0.05, 0.1) is 0 Å². The van der Waals surface area contributed by atoms with E-state index in [4.69, 9.17) is 4.42 Å². The normalized spacial score (nSPS) is 11.4. The molecule has 0 N–H and O–H groups in total. The molecule has 9 aromatic carbocycles. The van der Waals surface area contributed by atoms with Gasteiger partial charge in [0.15, 0.2) is 0 Å². The Balaban J connectivity index is 1.04. The minimum atomic E-state index is 0.0428. The molecule has 0 bridgehead atoms. The first-order valence-corrected chi connectivity index (χ1v) is 19.3. The van der Waals surface area contributed by atoms with Crippen molar-refractivity contribution >= 4 is 21.9 Å². The molecule has 0 spiro atoms. The highest BCUT2D eigenvalue weighted by atomic mass is 16.3. The van der Waals surface area contributed by atoms with Crippen LogP contribution in [-0.2, 0) is 0 Å². The van der Waals surface area contributed by atoms with E-state index in [2.05, 4.69) is 212 Å². The van der Waals surface area contributed by atoms with E-state index in [-0.39, 0.29) is 5.92 Å². The molecular weight excluding hydrogens is 677 g/mol. The topological polar surface area (TPSA) is 13.1 Å². The minimum absolute atomic E-state index is 0.0428. The molecule has 0 aliphatic rings. The lowest BCUT2D eigenvalue weighted by Crippen LogP contribution is -2.04. The van der Waals surface area contributed by atoms with E-state index in [0.29, 0.717) is 0 Å². The van der Waals surface area contributed by atoms with Crippen LogP contribution in [0.5, 0.6) is 0 Å². The van der Waals surface area contributed by atoms with Crippen LogP contribution in [0.3, 0.4) is 0 Å². The van der Waals surface area contributed by atoms with Gasteiger partial charge in [-0.25, -0.2) is 0 Å². The summed E-state index contributed by atoms with van der Waals surface area (Å²) >= 11 is 0. The SMILES string of the molecule is c1ccc(-c2ccccc2-c2ccc(C(c3ccc(-c4ccc5oc6ccccc6c5c4)cc3)c3ccc(-c4ccccc4-c4ccccc4)cc3)cc2)cc1. The second-order valence-electron chi connectivity index (χ2n) is 14.4. The standard InChI is InChI=1S/C55H38O/c1-3-13-39(14-4-1)47-17-7-9-19-49(47)41-25-31-44(32-26-41)55(45-33-27-42(28-34-45)50-20-10-8-18-48(50)40-15-5-2-6-16-40)43-29-23-38(24-30-43)46-35-36-54-52(37-46)51-21-11-12-22-53(51)56-54/h1-37,55H. The fourth-order valence-electron chi connectivity index (χ4n) is 8.27. The Morgan fingerprint density at radius 1 is 0.250 bits per heavy atom. The van der Waals surface area contributed by atoms with Gasteiger partial charge in [0, 0.05) is 16.7 Å². The molecule has 1 heteroatoms. The van der Waals surface area contributed by atoms with Gasteiger partial charge in [-0.3, -0.25) is 0 Å². The summed E-state index contributed by atoms with van der Waals surface area (Å²) in [6.45, 7) is 0. The summed E-state index contributed by atoms with van der Waals surface area (Å²) in [4.78, 5) is 0. The van der Waals surface area contributed by atoms with Crippen LogP contribution in [0.25, 0.3) is 77.6 Å². The number of benzene rings is 9. The number of para-hydroxylation sites is 1. The van der Waals surface area contributed by atoms with E-state index in [1.807, 2.05) is 12.1 Å². The van der Waals surface area contributed by atoms with Crippen molar-refractivity contribution in [3.63, 3.8) is 0 Å². The molecule has 10 rings (SSSR count). The Hall–Kier alpha value is -7.22. The highest BCUT2D eigenvalue weighted by Gasteiger charge is 2.19. The van der Waals surface area contributed by atoms with E-state index >= 15 is 0 Å². The third kappa shape index (κ3) is 6.30. The first-order valence-electron chi connectivity index (χ1n) is 19.3. The molecule has 0 aliphatic carbocycles. The van der Waals surface area contributed by atoms with E-state index in [1.54, 1.807) is 0 Å². The van der Waals surface area contributed by atoms with Crippen LogP contribution in [0.1, 0.15) is 22.6 Å². The molecule has 0 amide bonds. The zero-order valence-corrected chi connectivity index (χ0v) is 30.8. The minimum Gasteiger partial charge on any atom is -0.456 e. The molecule has 56 heavy (non-hydrogen) atoms. The lowest BCUT2D eigenvalue weighted by Gasteiger charge is -2.21. The van der Waals surface area contributed by atoms with Gasteiger partial charge in [0.1, 0.15) is 11.2 Å². The highest BCUT2D eigenvalue weighted by Crippen LogP contribution is 2.39. The van der Waals surface area contributed by atoms with Gasteiger partial charge in [-0.2, -0.15) is 0 Å². The maximum Gasteiger partial charge on any atom is 0.135 e. The number of fused-ring (bicyclic) bond motifs is 3. The Morgan fingerprint density at radius 2 is 0.607 bits per heavy atom. The monoisotopic (exact) mass is 714 g/mol. The maximum absolute atomic E-state index is 6.12. The molecule has 0 radical (unpaired) electrons. The summed E-state index contributed by atoms with van der Waals surface area (Å²) in [5.41, 5.74) is 17.7. The van der Waals surface area contributed by atoms with Crippen molar-refractivity contribution in [3.05, 3.63) is 241 Å². The van der Waals surface area contributed by atoms with Crippen molar-refractivity contribution in [1.82, 2.24) is 0 Å². The number of hydrogen-bond acceptors (Lipinski definition) is 1. The summed E-state index contributed by atoms with van der Waals surface area (Å²) in [6, 6.07) is 81.0. The molecule has 1 nitrogen and oxygen atoms in total. The fourth-order valence-corrected chi connectivity index (χ4v) is 8.27. The van der Waals surface area contributed by atoms with Gasteiger partial charge in [0.25, 0.3) is 0 Å². The van der Waals surface area contributed by atoms with Crippen molar-refractivity contribution in [1.29, 1.82) is 0 Å². The van der Waals surface area contributed by atoms with Gasteiger partial charge >= 0.3 is 0 Å². The third-order valence-electron chi connectivity index (χ3n) is 11.1. The quantitative estimate of drug-likeness (QED) is 0.143. The Bertz CT molecular complexity index is 2790. The lowest BCUT2D eigenvalue weighted by molar-refractivity contribution is 0.669. The molecule has 1 heterocycles. The number of hydrogen-bond donors (Lipinski definition) is 0. The summed E-state index contributed by atoms with van der Waals surface area (Å²) in [7, 11) is 0. The molecule has 10 aromatic rings. The molecule has 0 aliphatic heterocycles. The summed E-state index contributed by atoms with van der Waals surface area (Å²) in [5.74, 6) is 0.0428. The zero-order chi connectivity index (χ0) is 37.3. The first-order chi connectivity index (χ1) is 27.8. The van der Waals surface area contributed by atoms with E-state index in [1.165, 1.54) is 72.3 Å². The third-order valence-corrected chi connectivity index (χ3v) is 11.1. The van der Waals surface area contributed by atoms with Gasteiger partial charge in [0.2, 0.25) is 0 Å².